The fourth-order valence-corrected chi connectivity index (χ4v) is 3.19. The molecule has 0 aromatic heterocycles. The normalized spacial score (nSPS) is 23.2. The number of nitrogens with two attached hydrogens (primary N) is 1. The fourth-order valence-electron chi connectivity index (χ4n) is 3.19. The maximum atomic E-state index is 13.2. The van der Waals surface area contributed by atoms with Gasteiger partial charge in [0.2, 0.25) is 5.91 Å². The number of nitrogens with zero attached hydrogens (tertiary/aromatic N) is 1. The van der Waals surface area contributed by atoms with Crippen molar-refractivity contribution in [2.75, 3.05) is 19.6 Å². The van der Waals surface area contributed by atoms with Crippen LogP contribution in [0.4, 0.5) is 8.78 Å². The fraction of sp³-hybridized carbons (Fsp3) is 0.588. The van der Waals surface area contributed by atoms with Crippen molar-refractivity contribution in [3.05, 3.63) is 35.4 Å². The van der Waals surface area contributed by atoms with Crippen molar-refractivity contribution in [3.8, 4) is 0 Å². The molecule has 1 aromatic rings. The van der Waals surface area contributed by atoms with E-state index in [9.17, 15) is 13.6 Å². The SMILES string of the molecule is N[C@@H](Cc1cc(F)cc(F)c1)CC1NCCN(CC2CC2)C1=O. The quantitative estimate of drug-likeness (QED) is 0.833. The van der Waals surface area contributed by atoms with Gasteiger partial charge in [-0.3, -0.25) is 4.79 Å². The Bertz CT molecular complexity index is 557. The Hall–Kier alpha value is -1.53. The lowest BCUT2D eigenvalue weighted by molar-refractivity contribution is -0.136. The lowest BCUT2D eigenvalue weighted by atomic mass is 9.98. The first-order chi connectivity index (χ1) is 11.0. The molecule has 1 amide bonds. The first kappa shape index (κ1) is 16.3. The lowest BCUT2D eigenvalue weighted by Crippen LogP contribution is -2.57. The summed E-state index contributed by atoms with van der Waals surface area (Å²) in [6.07, 6.45) is 3.25. The minimum absolute atomic E-state index is 0.101. The van der Waals surface area contributed by atoms with E-state index >= 15 is 0 Å². The standard InChI is InChI=1S/C17H23F2N3O/c18-13-5-12(6-14(19)8-13)7-15(20)9-16-17(23)22(4-3-21-16)10-11-1-2-11/h5-6,8,11,15-16,21H,1-4,7,9-10,20H2/t15-,16?/m0/s1. The van der Waals surface area contributed by atoms with Crippen molar-refractivity contribution in [2.45, 2.75) is 37.8 Å². The minimum atomic E-state index is -0.602. The highest BCUT2D eigenvalue weighted by Crippen LogP contribution is 2.30. The average molecular weight is 323 g/mol. The van der Waals surface area contributed by atoms with E-state index in [2.05, 4.69) is 5.32 Å². The number of amides is 1. The Morgan fingerprint density at radius 3 is 2.61 bits per heavy atom. The van der Waals surface area contributed by atoms with E-state index in [4.69, 9.17) is 5.73 Å². The Morgan fingerprint density at radius 2 is 1.96 bits per heavy atom. The molecule has 1 aliphatic carbocycles. The predicted molar refractivity (Wildman–Crippen MR) is 83.7 cm³/mol. The van der Waals surface area contributed by atoms with Gasteiger partial charge in [-0.25, -0.2) is 8.78 Å². The first-order valence-electron chi connectivity index (χ1n) is 8.24. The molecule has 1 aliphatic heterocycles. The maximum Gasteiger partial charge on any atom is 0.239 e. The zero-order chi connectivity index (χ0) is 16.4. The molecule has 1 saturated heterocycles. The minimum Gasteiger partial charge on any atom is -0.340 e. The summed E-state index contributed by atoms with van der Waals surface area (Å²) in [6.45, 7) is 2.36. The van der Waals surface area contributed by atoms with Crippen molar-refractivity contribution in [2.24, 2.45) is 11.7 Å². The Labute approximate surface area is 135 Å². The van der Waals surface area contributed by atoms with Gasteiger partial charge in [0.05, 0.1) is 6.04 Å². The van der Waals surface area contributed by atoms with Crippen LogP contribution in [0.2, 0.25) is 0 Å². The molecule has 1 aromatic carbocycles. The third-order valence-corrected chi connectivity index (χ3v) is 4.52. The number of nitrogens with one attached hydrogen (secondary N) is 1. The third-order valence-electron chi connectivity index (χ3n) is 4.52. The largest absolute Gasteiger partial charge is 0.340 e. The van der Waals surface area contributed by atoms with E-state index in [1.54, 1.807) is 0 Å². The first-order valence-corrected chi connectivity index (χ1v) is 8.24. The van der Waals surface area contributed by atoms with Crippen molar-refractivity contribution in [1.82, 2.24) is 10.2 Å². The van der Waals surface area contributed by atoms with Gasteiger partial charge in [0.25, 0.3) is 0 Å². The molecule has 2 aliphatic rings. The van der Waals surface area contributed by atoms with Crippen LogP contribution in [0.25, 0.3) is 0 Å². The summed E-state index contributed by atoms with van der Waals surface area (Å²) in [5, 5.41) is 3.21. The van der Waals surface area contributed by atoms with E-state index in [0.717, 1.165) is 25.7 Å². The highest BCUT2D eigenvalue weighted by Gasteiger charge is 2.33. The molecule has 3 N–H and O–H groups in total. The number of carbonyl (C=O) groups excluding carboxylic acids is 1. The summed E-state index contributed by atoms with van der Waals surface area (Å²) in [6, 6.07) is 2.81. The van der Waals surface area contributed by atoms with Gasteiger partial charge in [0.1, 0.15) is 11.6 Å². The molecular weight excluding hydrogens is 300 g/mol. The predicted octanol–water partition coefficient (Wildman–Crippen LogP) is 1.44. The van der Waals surface area contributed by atoms with Crippen LogP contribution in [-0.2, 0) is 11.2 Å². The Kier molecular flexibility index (Phi) is 4.92. The van der Waals surface area contributed by atoms with E-state index in [1.165, 1.54) is 25.0 Å². The molecule has 0 bridgehead atoms. The van der Waals surface area contributed by atoms with Crippen LogP contribution in [0.5, 0.6) is 0 Å². The number of rotatable bonds is 6. The molecular formula is C17H23F2N3O. The smallest absolute Gasteiger partial charge is 0.239 e. The zero-order valence-electron chi connectivity index (χ0n) is 13.1. The summed E-state index contributed by atoms with van der Waals surface area (Å²) >= 11 is 0. The van der Waals surface area contributed by atoms with Gasteiger partial charge in [-0.1, -0.05) is 0 Å². The number of halogens is 2. The molecule has 0 radical (unpaired) electrons. The van der Waals surface area contributed by atoms with Crippen molar-refractivity contribution in [3.63, 3.8) is 0 Å². The van der Waals surface area contributed by atoms with Crippen LogP contribution >= 0.6 is 0 Å². The summed E-state index contributed by atoms with van der Waals surface area (Å²) in [5.74, 6) is -0.435. The molecule has 6 heteroatoms. The number of hydrogen-bond acceptors (Lipinski definition) is 3. The van der Waals surface area contributed by atoms with E-state index in [0.29, 0.717) is 24.3 Å². The maximum absolute atomic E-state index is 13.2. The number of carbonyl (C=O) groups is 1. The number of hydrogen-bond donors (Lipinski definition) is 2. The molecule has 0 spiro atoms. The van der Waals surface area contributed by atoms with Crippen LogP contribution in [0, 0.1) is 17.6 Å². The van der Waals surface area contributed by atoms with Gasteiger partial charge in [0, 0.05) is 31.7 Å². The number of benzene rings is 1. The van der Waals surface area contributed by atoms with Crippen molar-refractivity contribution >= 4 is 5.91 Å². The third kappa shape index (κ3) is 4.48. The van der Waals surface area contributed by atoms with Crippen LogP contribution in [0.3, 0.4) is 0 Å². The second-order valence-electron chi connectivity index (χ2n) is 6.71. The Morgan fingerprint density at radius 1 is 1.26 bits per heavy atom. The van der Waals surface area contributed by atoms with Crippen LogP contribution in [-0.4, -0.2) is 42.5 Å². The van der Waals surface area contributed by atoms with Crippen LogP contribution in [0.15, 0.2) is 18.2 Å². The van der Waals surface area contributed by atoms with E-state index < -0.39 is 11.6 Å². The molecule has 23 heavy (non-hydrogen) atoms. The molecule has 1 heterocycles. The van der Waals surface area contributed by atoms with Crippen molar-refractivity contribution < 1.29 is 13.6 Å². The zero-order valence-corrected chi connectivity index (χ0v) is 13.1. The summed E-state index contributed by atoms with van der Waals surface area (Å²) < 4.78 is 26.4. The molecule has 1 saturated carbocycles. The summed E-state index contributed by atoms with van der Waals surface area (Å²) in [7, 11) is 0. The van der Waals surface area contributed by atoms with Gasteiger partial charge in [-0.05, 0) is 49.3 Å². The molecule has 2 fully saturated rings. The number of piperazine rings is 1. The van der Waals surface area contributed by atoms with Gasteiger partial charge < -0.3 is 16.0 Å². The molecule has 126 valence electrons. The molecule has 3 rings (SSSR count). The monoisotopic (exact) mass is 323 g/mol. The van der Waals surface area contributed by atoms with Gasteiger partial charge in [-0.15, -0.1) is 0 Å². The second kappa shape index (κ2) is 6.93. The average Bonchev–Trinajstić information content (AvgIpc) is 3.26. The summed E-state index contributed by atoms with van der Waals surface area (Å²) in [5.41, 5.74) is 6.62. The lowest BCUT2D eigenvalue weighted by Gasteiger charge is -2.34. The van der Waals surface area contributed by atoms with Gasteiger partial charge in [0.15, 0.2) is 0 Å². The van der Waals surface area contributed by atoms with Crippen LogP contribution in [0.1, 0.15) is 24.8 Å². The van der Waals surface area contributed by atoms with Crippen molar-refractivity contribution in [1.29, 1.82) is 0 Å². The van der Waals surface area contributed by atoms with E-state index in [-0.39, 0.29) is 18.0 Å². The molecule has 4 nitrogen and oxygen atoms in total. The second-order valence-corrected chi connectivity index (χ2v) is 6.71. The highest BCUT2D eigenvalue weighted by molar-refractivity contribution is 5.82. The van der Waals surface area contributed by atoms with Gasteiger partial charge in [-0.2, -0.15) is 0 Å². The van der Waals surface area contributed by atoms with Crippen LogP contribution < -0.4 is 11.1 Å². The summed E-state index contributed by atoms with van der Waals surface area (Å²) in [4.78, 5) is 14.4. The molecule has 1 unspecified atom stereocenters. The van der Waals surface area contributed by atoms with Gasteiger partial charge >= 0.3 is 0 Å². The topological polar surface area (TPSA) is 58.4 Å². The molecule has 2 atom stereocenters. The Balaban J connectivity index is 1.55. The highest BCUT2D eigenvalue weighted by atomic mass is 19.1. The van der Waals surface area contributed by atoms with E-state index in [1.807, 2.05) is 4.90 Å².